The maximum atomic E-state index is 14.2. The first-order valence-corrected chi connectivity index (χ1v) is 9.16. The van der Waals surface area contributed by atoms with Crippen LogP contribution in [-0.4, -0.2) is 27.9 Å². The zero-order chi connectivity index (χ0) is 18.1. The van der Waals surface area contributed by atoms with E-state index >= 15 is 0 Å². The van der Waals surface area contributed by atoms with E-state index in [1.54, 1.807) is 23.2 Å². The van der Waals surface area contributed by atoms with E-state index in [9.17, 15) is 9.18 Å². The van der Waals surface area contributed by atoms with Crippen LogP contribution >= 0.6 is 11.6 Å². The summed E-state index contributed by atoms with van der Waals surface area (Å²) in [7, 11) is 0. The monoisotopic (exact) mass is 374 g/mol. The van der Waals surface area contributed by atoms with Crippen molar-refractivity contribution in [3.63, 3.8) is 0 Å². The maximum Gasteiger partial charge on any atom is 0.241 e. The van der Waals surface area contributed by atoms with Crippen LogP contribution in [0.25, 0.3) is 0 Å². The minimum Gasteiger partial charge on any atom is -0.334 e. The molecule has 4 rings (SSSR count). The molecule has 2 atom stereocenters. The lowest BCUT2D eigenvalue weighted by Gasteiger charge is -2.26. The van der Waals surface area contributed by atoms with Crippen molar-refractivity contribution in [2.45, 2.75) is 43.9 Å². The maximum absolute atomic E-state index is 14.2. The van der Waals surface area contributed by atoms with Gasteiger partial charge in [-0.25, -0.2) is 15.2 Å². The molecule has 7 heteroatoms. The van der Waals surface area contributed by atoms with Crippen LogP contribution < -0.4 is 10.9 Å². The van der Waals surface area contributed by atoms with Gasteiger partial charge in [0.15, 0.2) is 0 Å². The molecule has 1 amide bonds. The van der Waals surface area contributed by atoms with Gasteiger partial charge in [-0.05, 0) is 43.5 Å². The lowest BCUT2D eigenvalue weighted by Crippen LogP contribution is -2.46. The number of amides is 1. The zero-order valence-electron chi connectivity index (χ0n) is 14.2. The van der Waals surface area contributed by atoms with Crippen molar-refractivity contribution in [1.29, 1.82) is 0 Å². The number of halogens is 2. The standard InChI is InChI=1S/C19H20ClFN4O/c20-14-4-3-5-15(21)13(14)11-25(12-7-8-12)19(26)18-10-17(23-24-18)16-6-1-2-9-22-16/h1-6,9,12,17-18,23-24H,7-8,10-11H2. The Hall–Kier alpha value is -2.02. The Labute approximate surface area is 156 Å². The number of aromatic nitrogens is 1. The summed E-state index contributed by atoms with van der Waals surface area (Å²) in [5.74, 6) is -0.405. The van der Waals surface area contributed by atoms with Crippen LogP contribution in [0.1, 0.15) is 36.6 Å². The molecule has 2 aromatic rings. The second-order valence-electron chi connectivity index (χ2n) is 6.78. The molecule has 2 N–H and O–H groups in total. The fraction of sp³-hybridized carbons (Fsp3) is 0.368. The fourth-order valence-corrected chi connectivity index (χ4v) is 3.54. The molecule has 1 saturated carbocycles. The summed E-state index contributed by atoms with van der Waals surface area (Å²) in [5.41, 5.74) is 7.49. The third-order valence-corrected chi connectivity index (χ3v) is 5.26. The highest BCUT2D eigenvalue weighted by atomic mass is 35.5. The first kappa shape index (κ1) is 17.4. The van der Waals surface area contributed by atoms with Crippen LogP contribution in [0.2, 0.25) is 5.02 Å². The SMILES string of the molecule is O=C(C1CC(c2ccccn2)NN1)N(Cc1c(F)cccc1Cl)C1CC1. The van der Waals surface area contributed by atoms with E-state index in [-0.39, 0.29) is 36.4 Å². The van der Waals surface area contributed by atoms with Gasteiger partial charge in [-0.1, -0.05) is 23.7 Å². The van der Waals surface area contributed by atoms with Crippen LogP contribution in [0, 0.1) is 5.82 Å². The minimum absolute atomic E-state index is 0.0248. The summed E-state index contributed by atoms with van der Waals surface area (Å²) in [6.07, 6.45) is 4.23. The molecular formula is C19H20ClFN4O. The molecular weight excluding hydrogens is 355 g/mol. The van der Waals surface area contributed by atoms with Crippen molar-refractivity contribution < 1.29 is 9.18 Å². The van der Waals surface area contributed by atoms with Crippen molar-refractivity contribution >= 4 is 17.5 Å². The van der Waals surface area contributed by atoms with E-state index in [1.165, 1.54) is 6.07 Å². The van der Waals surface area contributed by atoms with Gasteiger partial charge in [0.2, 0.25) is 5.91 Å². The number of carbonyl (C=O) groups excluding carboxylic acids is 1. The van der Waals surface area contributed by atoms with E-state index in [0.29, 0.717) is 17.0 Å². The summed E-state index contributed by atoms with van der Waals surface area (Å²) in [6.45, 7) is 0.196. The fourth-order valence-electron chi connectivity index (χ4n) is 3.32. The van der Waals surface area contributed by atoms with Gasteiger partial charge in [-0.2, -0.15) is 0 Å². The van der Waals surface area contributed by atoms with Crippen LogP contribution in [0.4, 0.5) is 4.39 Å². The topological polar surface area (TPSA) is 57.3 Å². The second-order valence-corrected chi connectivity index (χ2v) is 7.19. The van der Waals surface area contributed by atoms with Gasteiger partial charge in [0.1, 0.15) is 11.9 Å². The third-order valence-electron chi connectivity index (χ3n) is 4.91. The number of hydrogen-bond acceptors (Lipinski definition) is 4. The normalized spacial score (nSPS) is 22.4. The summed E-state index contributed by atoms with van der Waals surface area (Å²) in [6, 6.07) is 10.1. The summed E-state index contributed by atoms with van der Waals surface area (Å²) >= 11 is 6.15. The largest absolute Gasteiger partial charge is 0.334 e. The van der Waals surface area contributed by atoms with Gasteiger partial charge in [-0.3, -0.25) is 9.78 Å². The average Bonchev–Trinajstić information content (AvgIpc) is 3.37. The molecule has 2 heterocycles. The van der Waals surface area contributed by atoms with E-state index in [1.807, 2.05) is 18.2 Å². The number of pyridine rings is 1. The summed E-state index contributed by atoms with van der Waals surface area (Å²) in [5, 5.41) is 0.354. The predicted molar refractivity (Wildman–Crippen MR) is 96.6 cm³/mol. The van der Waals surface area contributed by atoms with E-state index < -0.39 is 0 Å². The Balaban J connectivity index is 1.48. The van der Waals surface area contributed by atoms with E-state index in [4.69, 9.17) is 11.6 Å². The van der Waals surface area contributed by atoms with E-state index in [2.05, 4.69) is 15.8 Å². The number of nitrogens with one attached hydrogen (secondary N) is 2. The van der Waals surface area contributed by atoms with Crippen molar-refractivity contribution in [1.82, 2.24) is 20.7 Å². The highest BCUT2D eigenvalue weighted by Crippen LogP contribution is 2.32. The molecule has 136 valence electrons. The molecule has 2 aliphatic rings. The van der Waals surface area contributed by atoms with Crippen molar-refractivity contribution in [2.24, 2.45) is 0 Å². The summed E-state index contributed by atoms with van der Waals surface area (Å²) in [4.78, 5) is 19.2. The molecule has 1 saturated heterocycles. The minimum atomic E-state index is -0.375. The number of hydrazine groups is 1. The quantitative estimate of drug-likeness (QED) is 0.844. The molecule has 0 spiro atoms. The molecule has 1 aliphatic heterocycles. The molecule has 5 nitrogen and oxygen atoms in total. The van der Waals surface area contributed by atoms with Gasteiger partial charge in [0, 0.05) is 22.8 Å². The van der Waals surface area contributed by atoms with Gasteiger partial charge in [0.05, 0.1) is 18.3 Å². The Morgan fingerprint density at radius 1 is 1.23 bits per heavy atom. The van der Waals surface area contributed by atoms with Gasteiger partial charge >= 0.3 is 0 Å². The van der Waals surface area contributed by atoms with Gasteiger partial charge in [0.25, 0.3) is 0 Å². The van der Waals surface area contributed by atoms with Crippen molar-refractivity contribution in [2.75, 3.05) is 0 Å². The molecule has 26 heavy (non-hydrogen) atoms. The van der Waals surface area contributed by atoms with Crippen LogP contribution in [-0.2, 0) is 11.3 Å². The smallest absolute Gasteiger partial charge is 0.241 e. The van der Waals surface area contributed by atoms with Gasteiger partial charge < -0.3 is 4.90 Å². The molecule has 0 bridgehead atoms. The number of hydrogen-bond donors (Lipinski definition) is 2. The average molecular weight is 375 g/mol. The third kappa shape index (κ3) is 3.58. The second kappa shape index (κ2) is 7.31. The molecule has 1 aliphatic carbocycles. The first-order chi connectivity index (χ1) is 12.6. The molecule has 2 fully saturated rings. The first-order valence-electron chi connectivity index (χ1n) is 8.79. The molecule has 1 aromatic carbocycles. The van der Waals surface area contributed by atoms with E-state index in [0.717, 1.165) is 18.5 Å². The van der Waals surface area contributed by atoms with Crippen LogP contribution in [0.15, 0.2) is 42.6 Å². The number of benzene rings is 1. The Kier molecular flexibility index (Phi) is 4.89. The van der Waals surface area contributed by atoms with Crippen LogP contribution in [0.5, 0.6) is 0 Å². The Bertz CT molecular complexity index is 779. The highest BCUT2D eigenvalue weighted by molar-refractivity contribution is 6.31. The Morgan fingerprint density at radius 3 is 2.77 bits per heavy atom. The molecule has 0 radical (unpaired) electrons. The van der Waals surface area contributed by atoms with Gasteiger partial charge in [-0.15, -0.1) is 0 Å². The number of carbonyl (C=O) groups is 1. The Morgan fingerprint density at radius 2 is 2.08 bits per heavy atom. The summed E-state index contributed by atoms with van der Waals surface area (Å²) < 4.78 is 14.2. The molecule has 1 aromatic heterocycles. The number of rotatable bonds is 5. The number of nitrogens with zero attached hydrogens (tertiary/aromatic N) is 2. The van der Waals surface area contributed by atoms with Crippen molar-refractivity contribution in [3.05, 3.63) is 64.7 Å². The zero-order valence-corrected chi connectivity index (χ0v) is 14.9. The predicted octanol–water partition coefficient (Wildman–Crippen LogP) is 2.97. The lowest BCUT2D eigenvalue weighted by molar-refractivity contribution is -0.134. The van der Waals surface area contributed by atoms with Crippen molar-refractivity contribution in [3.8, 4) is 0 Å². The lowest BCUT2D eigenvalue weighted by atomic mass is 10.1. The molecule has 2 unspecified atom stereocenters. The highest BCUT2D eigenvalue weighted by Gasteiger charge is 2.39. The van der Waals surface area contributed by atoms with Crippen LogP contribution in [0.3, 0.4) is 0 Å².